The monoisotopic (exact) mass is 414 g/mol. The van der Waals surface area contributed by atoms with Crippen LogP contribution in [0.4, 0.5) is 13.2 Å². The Balaban J connectivity index is 1.42. The minimum atomic E-state index is -4.30. The lowest BCUT2D eigenvalue weighted by Gasteiger charge is -2.57. The molecule has 1 nitrogen and oxygen atoms in total. The van der Waals surface area contributed by atoms with Gasteiger partial charge in [-0.1, -0.05) is 56.3 Å². The van der Waals surface area contributed by atoms with Gasteiger partial charge in [0, 0.05) is 5.56 Å². The molecule has 5 rings (SSSR count). The highest BCUT2D eigenvalue weighted by Gasteiger charge is 2.52. The lowest BCUT2D eigenvalue weighted by atomic mass is 9.49. The Morgan fingerprint density at radius 2 is 1.47 bits per heavy atom. The SMILES string of the molecule is CC1(C)[C@H]2CC=C(C[N+](C)(C)Cc3ccc(-c4ccc(C(F)(F)F)cc4)cc3)[C@@H]1C2. The van der Waals surface area contributed by atoms with Gasteiger partial charge in [-0.05, 0) is 58.9 Å². The first-order chi connectivity index (χ1) is 14.0. The topological polar surface area (TPSA) is 0 Å². The van der Waals surface area contributed by atoms with Crippen molar-refractivity contribution < 1.29 is 17.7 Å². The van der Waals surface area contributed by atoms with E-state index >= 15 is 0 Å². The van der Waals surface area contributed by atoms with Gasteiger partial charge in [0.05, 0.1) is 19.7 Å². The summed E-state index contributed by atoms with van der Waals surface area (Å²) in [5, 5.41) is 0. The summed E-state index contributed by atoms with van der Waals surface area (Å²) in [6.07, 6.45) is 0.758. The average molecular weight is 415 g/mol. The third kappa shape index (κ3) is 4.07. The van der Waals surface area contributed by atoms with Gasteiger partial charge in [-0.3, -0.25) is 0 Å². The van der Waals surface area contributed by atoms with Gasteiger partial charge in [0.2, 0.25) is 0 Å². The fourth-order valence-electron chi connectivity index (χ4n) is 5.35. The van der Waals surface area contributed by atoms with Crippen LogP contribution in [0, 0.1) is 17.3 Å². The van der Waals surface area contributed by atoms with Gasteiger partial charge in [0.15, 0.2) is 0 Å². The summed E-state index contributed by atoms with van der Waals surface area (Å²) in [5.74, 6) is 1.59. The Labute approximate surface area is 177 Å². The standard InChI is InChI=1S/C26H31F3N/c1-25(2)23-14-11-21(24(25)15-23)17-30(3,4)16-18-5-7-19(8-6-18)20-9-12-22(13-10-20)26(27,28)29/h5-13,23-24H,14-17H2,1-4H3/q+1/t23-,24-/m0/s1. The molecule has 0 heterocycles. The van der Waals surface area contributed by atoms with Crippen LogP contribution in [-0.4, -0.2) is 25.1 Å². The molecule has 0 N–H and O–H groups in total. The molecule has 0 radical (unpaired) electrons. The Hall–Kier alpha value is -2.07. The molecule has 2 atom stereocenters. The van der Waals surface area contributed by atoms with E-state index in [9.17, 15) is 13.2 Å². The molecule has 0 saturated heterocycles. The predicted octanol–water partition coefficient (Wildman–Crippen LogP) is 6.94. The minimum absolute atomic E-state index is 0.452. The summed E-state index contributed by atoms with van der Waals surface area (Å²) >= 11 is 0. The lowest BCUT2D eigenvalue weighted by Crippen LogP contribution is -2.52. The number of benzene rings is 2. The lowest BCUT2D eigenvalue weighted by molar-refractivity contribution is -0.899. The zero-order valence-corrected chi connectivity index (χ0v) is 18.3. The molecule has 1 saturated carbocycles. The molecular formula is C26H31F3N+. The number of alkyl halides is 3. The Kier molecular flexibility index (Phi) is 5.13. The van der Waals surface area contributed by atoms with Crippen molar-refractivity contribution in [3.63, 3.8) is 0 Å². The molecule has 2 bridgehead atoms. The van der Waals surface area contributed by atoms with E-state index in [4.69, 9.17) is 0 Å². The highest BCUT2D eigenvalue weighted by atomic mass is 19.4. The summed E-state index contributed by atoms with van der Waals surface area (Å²) in [4.78, 5) is 0. The number of halogens is 3. The van der Waals surface area contributed by atoms with Crippen LogP contribution in [0.1, 0.15) is 37.8 Å². The molecule has 0 unspecified atom stereocenters. The van der Waals surface area contributed by atoms with Crippen molar-refractivity contribution in [1.29, 1.82) is 0 Å². The molecular weight excluding hydrogens is 383 g/mol. The number of rotatable bonds is 5. The van der Waals surface area contributed by atoms with Crippen molar-refractivity contribution in [2.45, 2.75) is 39.4 Å². The molecule has 0 spiro atoms. The molecule has 0 amide bonds. The zero-order valence-electron chi connectivity index (χ0n) is 18.3. The van der Waals surface area contributed by atoms with Gasteiger partial charge in [-0.15, -0.1) is 0 Å². The van der Waals surface area contributed by atoms with Crippen LogP contribution in [0.15, 0.2) is 60.2 Å². The van der Waals surface area contributed by atoms with Crippen LogP contribution in [-0.2, 0) is 12.7 Å². The first-order valence-corrected chi connectivity index (χ1v) is 10.7. The molecule has 160 valence electrons. The molecule has 4 heteroatoms. The van der Waals surface area contributed by atoms with Gasteiger partial charge in [0.1, 0.15) is 13.1 Å². The molecule has 2 aromatic carbocycles. The third-order valence-corrected chi connectivity index (χ3v) is 7.30. The van der Waals surface area contributed by atoms with Gasteiger partial charge in [0.25, 0.3) is 0 Å². The Bertz CT molecular complexity index is 934. The van der Waals surface area contributed by atoms with Crippen molar-refractivity contribution in [2.75, 3.05) is 20.6 Å². The maximum atomic E-state index is 12.8. The zero-order chi connectivity index (χ0) is 21.7. The summed E-state index contributed by atoms with van der Waals surface area (Å²) < 4.78 is 39.2. The second kappa shape index (κ2) is 7.26. The number of hydrogen-bond acceptors (Lipinski definition) is 0. The number of quaternary nitrogens is 1. The summed E-state index contributed by atoms with van der Waals surface area (Å²) in [6.45, 7) is 6.83. The number of nitrogens with zero attached hydrogens (tertiary/aromatic N) is 1. The van der Waals surface area contributed by atoms with Gasteiger partial charge < -0.3 is 4.48 Å². The van der Waals surface area contributed by atoms with Crippen molar-refractivity contribution in [3.05, 3.63) is 71.3 Å². The molecule has 0 aromatic heterocycles. The number of fused-ring (bicyclic) bond motifs is 1. The quantitative estimate of drug-likeness (QED) is 0.367. The van der Waals surface area contributed by atoms with Gasteiger partial charge in [-0.25, -0.2) is 0 Å². The molecule has 1 fully saturated rings. The van der Waals surface area contributed by atoms with E-state index in [2.05, 4.69) is 46.2 Å². The third-order valence-electron chi connectivity index (χ3n) is 7.30. The summed E-state index contributed by atoms with van der Waals surface area (Å²) in [7, 11) is 4.56. The second-order valence-electron chi connectivity index (χ2n) is 10.3. The normalized spacial score (nSPS) is 23.0. The maximum absolute atomic E-state index is 12.8. The predicted molar refractivity (Wildman–Crippen MR) is 116 cm³/mol. The summed E-state index contributed by atoms with van der Waals surface area (Å²) in [6, 6.07) is 13.6. The highest BCUT2D eigenvalue weighted by Crippen LogP contribution is 2.59. The van der Waals surface area contributed by atoms with E-state index in [1.165, 1.54) is 18.4 Å². The molecule has 30 heavy (non-hydrogen) atoms. The fraction of sp³-hybridized carbons (Fsp3) is 0.462. The number of likely N-dealkylation sites (N-methyl/N-ethyl adjacent to an activating group) is 1. The maximum Gasteiger partial charge on any atom is 0.416 e. The first kappa shape index (κ1) is 21.2. The van der Waals surface area contributed by atoms with Gasteiger partial charge in [-0.2, -0.15) is 13.2 Å². The molecule has 0 aliphatic heterocycles. The Morgan fingerprint density at radius 1 is 0.900 bits per heavy atom. The molecule has 3 aliphatic rings. The smallest absolute Gasteiger partial charge is 0.321 e. The average Bonchev–Trinajstić information content (AvgIpc) is 2.67. The van der Waals surface area contributed by atoms with E-state index < -0.39 is 11.7 Å². The molecule has 2 aromatic rings. The molecule has 3 aliphatic carbocycles. The van der Waals surface area contributed by atoms with Crippen molar-refractivity contribution in [1.82, 2.24) is 0 Å². The number of allylic oxidation sites excluding steroid dienone is 1. The van der Waals surface area contributed by atoms with E-state index in [-0.39, 0.29) is 0 Å². The van der Waals surface area contributed by atoms with E-state index in [0.29, 0.717) is 5.41 Å². The van der Waals surface area contributed by atoms with Gasteiger partial charge >= 0.3 is 6.18 Å². The van der Waals surface area contributed by atoms with E-state index in [1.54, 1.807) is 17.7 Å². The van der Waals surface area contributed by atoms with Crippen molar-refractivity contribution in [3.8, 4) is 11.1 Å². The van der Waals surface area contributed by atoms with Crippen LogP contribution in [0.2, 0.25) is 0 Å². The first-order valence-electron chi connectivity index (χ1n) is 10.7. The minimum Gasteiger partial charge on any atom is -0.321 e. The highest BCUT2D eigenvalue weighted by molar-refractivity contribution is 5.64. The van der Waals surface area contributed by atoms with E-state index in [0.717, 1.165) is 52.7 Å². The van der Waals surface area contributed by atoms with Crippen LogP contribution in [0.25, 0.3) is 11.1 Å². The van der Waals surface area contributed by atoms with Crippen molar-refractivity contribution in [2.24, 2.45) is 17.3 Å². The van der Waals surface area contributed by atoms with Crippen molar-refractivity contribution >= 4 is 0 Å². The Morgan fingerprint density at radius 3 is 1.97 bits per heavy atom. The number of hydrogen-bond donors (Lipinski definition) is 0. The van der Waals surface area contributed by atoms with Crippen LogP contribution in [0.5, 0.6) is 0 Å². The van der Waals surface area contributed by atoms with Crippen LogP contribution < -0.4 is 0 Å². The van der Waals surface area contributed by atoms with Crippen LogP contribution in [0.3, 0.4) is 0 Å². The largest absolute Gasteiger partial charge is 0.416 e. The van der Waals surface area contributed by atoms with E-state index in [1.807, 2.05) is 12.1 Å². The summed E-state index contributed by atoms with van der Waals surface area (Å²) in [5.41, 5.74) is 4.45. The second-order valence-corrected chi connectivity index (χ2v) is 10.3. The van der Waals surface area contributed by atoms with Crippen LogP contribution >= 0.6 is 0 Å². The fourth-order valence-corrected chi connectivity index (χ4v) is 5.35.